The van der Waals surface area contributed by atoms with E-state index in [1.54, 1.807) is 0 Å². The minimum Gasteiger partial charge on any atom is -0.462 e. The van der Waals surface area contributed by atoms with Gasteiger partial charge < -0.3 is 33.8 Å². The Bertz CT molecular complexity index is 1760. The van der Waals surface area contributed by atoms with Crippen LogP contribution >= 0.6 is 15.6 Å². The molecule has 0 saturated heterocycles. The average Bonchev–Trinajstić information content (AvgIpc) is 3.66. The predicted molar refractivity (Wildman–Crippen MR) is 358 cm³/mol. The predicted octanol–water partition coefficient (Wildman–Crippen LogP) is 19.7. The number of hydrogen-bond donors (Lipinski definition) is 3. The molecule has 0 bridgehead atoms. The fourth-order valence-electron chi connectivity index (χ4n) is 10.5. The summed E-state index contributed by atoms with van der Waals surface area (Å²) in [6, 6.07) is 0. The maximum Gasteiger partial charge on any atom is 0.472 e. The van der Waals surface area contributed by atoms with E-state index in [9.17, 15) is 43.2 Å². The van der Waals surface area contributed by atoms with E-state index in [0.717, 1.165) is 108 Å². The molecule has 0 aliphatic rings. The second-order valence-electron chi connectivity index (χ2n) is 27.2. The fourth-order valence-corrected chi connectivity index (χ4v) is 12.1. The molecule has 0 amide bonds. The quantitative estimate of drug-likeness (QED) is 0.0222. The molecule has 0 aromatic rings. The molecule has 0 spiro atoms. The van der Waals surface area contributed by atoms with Gasteiger partial charge in [-0.3, -0.25) is 37.3 Å². The molecule has 0 heterocycles. The summed E-state index contributed by atoms with van der Waals surface area (Å²) < 4.78 is 68.2. The van der Waals surface area contributed by atoms with Gasteiger partial charge in [0.05, 0.1) is 26.4 Å². The zero-order chi connectivity index (χ0) is 66.1. The summed E-state index contributed by atoms with van der Waals surface area (Å²) in [4.78, 5) is 72.4. The zero-order valence-electron chi connectivity index (χ0n) is 58.1. The van der Waals surface area contributed by atoms with E-state index in [-0.39, 0.29) is 25.7 Å². The number of phosphoric ester groups is 2. The lowest BCUT2D eigenvalue weighted by molar-refractivity contribution is -0.161. The van der Waals surface area contributed by atoms with Crippen LogP contribution in [0.3, 0.4) is 0 Å². The van der Waals surface area contributed by atoms with Gasteiger partial charge in [-0.15, -0.1) is 0 Å². The first-order valence-corrected chi connectivity index (χ1v) is 39.2. The SMILES string of the molecule is CC(C)CCCCCCCCCCCCCCCCC(=O)OC[C@H](COP(=O)(O)OC[C@@H](O)COP(=O)(O)OC[C@@H](COC(=O)CCCCCCCCC(C)C)OC(=O)CCCCCCCCC(C)C)OC(=O)CCCCCCCCCCCCCC(C)C. The monoisotopic (exact) mass is 1310 g/mol. The van der Waals surface area contributed by atoms with E-state index < -0.39 is 97.5 Å². The Morgan fingerprint density at radius 1 is 0.281 bits per heavy atom. The van der Waals surface area contributed by atoms with E-state index >= 15 is 0 Å². The Balaban J connectivity index is 5.21. The van der Waals surface area contributed by atoms with Gasteiger partial charge in [0.15, 0.2) is 12.2 Å². The second-order valence-corrected chi connectivity index (χ2v) is 30.1. The van der Waals surface area contributed by atoms with Gasteiger partial charge in [0.2, 0.25) is 0 Å². The summed E-state index contributed by atoms with van der Waals surface area (Å²) in [6.45, 7) is 14.0. The van der Waals surface area contributed by atoms with E-state index in [1.807, 2.05) is 0 Å². The van der Waals surface area contributed by atoms with E-state index in [4.69, 9.17) is 37.0 Å². The molecule has 0 radical (unpaired) electrons. The lowest BCUT2D eigenvalue weighted by Gasteiger charge is -2.21. The lowest BCUT2D eigenvalue weighted by Crippen LogP contribution is -2.30. The first-order valence-electron chi connectivity index (χ1n) is 36.2. The van der Waals surface area contributed by atoms with Gasteiger partial charge in [0, 0.05) is 25.7 Å². The number of carbonyl (C=O) groups excluding carboxylic acids is 4. The summed E-state index contributed by atoms with van der Waals surface area (Å²) in [5.41, 5.74) is 0. The van der Waals surface area contributed by atoms with Gasteiger partial charge in [0.25, 0.3) is 0 Å². The van der Waals surface area contributed by atoms with Crippen molar-refractivity contribution < 1.29 is 80.2 Å². The fraction of sp³-hybridized carbons (Fsp3) is 0.943. The molecule has 19 heteroatoms. The van der Waals surface area contributed by atoms with Crippen molar-refractivity contribution in [3.8, 4) is 0 Å². The Labute approximate surface area is 543 Å². The molecular weight excluding hydrogens is 1170 g/mol. The number of ether oxygens (including phenoxy) is 4. The van der Waals surface area contributed by atoms with Crippen molar-refractivity contribution in [2.24, 2.45) is 23.7 Å². The molecule has 0 rings (SSSR count). The Morgan fingerprint density at radius 2 is 0.472 bits per heavy atom. The third kappa shape index (κ3) is 64.6. The smallest absolute Gasteiger partial charge is 0.462 e. The van der Waals surface area contributed by atoms with Crippen molar-refractivity contribution in [2.45, 2.75) is 363 Å². The van der Waals surface area contributed by atoms with Gasteiger partial charge in [0.1, 0.15) is 19.3 Å². The molecule has 17 nitrogen and oxygen atoms in total. The minimum atomic E-state index is -4.95. The first-order chi connectivity index (χ1) is 42.6. The molecule has 0 aromatic heterocycles. The maximum absolute atomic E-state index is 13.0. The molecule has 2 unspecified atom stereocenters. The van der Waals surface area contributed by atoms with Gasteiger partial charge in [-0.05, 0) is 49.4 Å². The van der Waals surface area contributed by atoms with Crippen LogP contribution in [0.4, 0.5) is 0 Å². The van der Waals surface area contributed by atoms with E-state index in [0.29, 0.717) is 37.5 Å². The number of unbranched alkanes of at least 4 members (excludes halogenated alkanes) is 33. The highest BCUT2D eigenvalue weighted by Gasteiger charge is 2.30. The second kappa shape index (κ2) is 59.8. The van der Waals surface area contributed by atoms with Gasteiger partial charge in [-0.25, -0.2) is 9.13 Å². The summed E-state index contributed by atoms with van der Waals surface area (Å²) in [5, 5.41) is 10.6. The number of aliphatic hydroxyl groups is 1. The van der Waals surface area contributed by atoms with Crippen LogP contribution in [-0.2, 0) is 65.4 Å². The normalized spacial score (nSPS) is 14.3. The number of carbonyl (C=O) groups is 4. The van der Waals surface area contributed by atoms with Crippen LogP contribution in [0.2, 0.25) is 0 Å². The van der Waals surface area contributed by atoms with Crippen molar-refractivity contribution in [2.75, 3.05) is 39.6 Å². The number of phosphoric acid groups is 2. The van der Waals surface area contributed by atoms with Gasteiger partial charge in [-0.2, -0.15) is 0 Å². The molecule has 5 atom stereocenters. The Morgan fingerprint density at radius 3 is 0.697 bits per heavy atom. The summed E-state index contributed by atoms with van der Waals surface area (Å²) in [6.07, 6.45) is 42.1. The van der Waals surface area contributed by atoms with Crippen molar-refractivity contribution in [1.29, 1.82) is 0 Å². The van der Waals surface area contributed by atoms with Crippen LogP contribution in [0, 0.1) is 23.7 Å². The number of rotatable bonds is 67. The summed E-state index contributed by atoms with van der Waals surface area (Å²) in [7, 11) is -9.90. The molecule has 0 saturated carbocycles. The zero-order valence-corrected chi connectivity index (χ0v) is 59.8. The van der Waals surface area contributed by atoms with Crippen LogP contribution in [0.1, 0.15) is 344 Å². The minimum absolute atomic E-state index is 0.101. The molecule has 89 heavy (non-hydrogen) atoms. The molecule has 0 aliphatic carbocycles. The molecule has 0 fully saturated rings. The molecule has 3 N–H and O–H groups in total. The van der Waals surface area contributed by atoms with E-state index in [1.165, 1.54) is 141 Å². The highest BCUT2D eigenvalue weighted by molar-refractivity contribution is 7.47. The summed E-state index contributed by atoms with van der Waals surface area (Å²) >= 11 is 0. The number of hydrogen-bond acceptors (Lipinski definition) is 15. The van der Waals surface area contributed by atoms with Crippen molar-refractivity contribution >= 4 is 39.5 Å². The molecule has 0 aliphatic heterocycles. The highest BCUT2D eigenvalue weighted by Crippen LogP contribution is 2.45. The van der Waals surface area contributed by atoms with Crippen molar-refractivity contribution in [3.63, 3.8) is 0 Å². The highest BCUT2D eigenvalue weighted by atomic mass is 31.2. The molecule has 0 aromatic carbocycles. The van der Waals surface area contributed by atoms with E-state index in [2.05, 4.69) is 55.4 Å². The number of aliphatic hydroxyl groups excluding tert-OH is 1. The summed E-state index contributed by atoms with van der Waals surface area (Å²) in [5.74, 6) is 0.778. The number of esters is 4. The average molecular weight is 1310 g/mol. The van der Waals surface area contributed by atoms with Gasteiger partial charge >= 0.3 is 39.5 Å². The first kappa shape index (κ1) is 87.1. The standard InChI is InChI=1S/C70H136O17P2/c1-60(2)46-38-30-22-18-14-11-9-10-12-16-20-24-34-42-50-67(72)80-56-65(86-69(74)52-44-36-25-21-17-13-15-19-23-31-39-47-61(3)4)58-84-88(76,77)82-54-64(71)55-83-89(78,79)85-59-66(87-70(75)53-45-37-29-27-33-41-49-63(7)8)57-81-68(73)51-43-35-28-26-32-40-48-62(5)6/h60-66,71H,9-59H2,1-8H3,(H,76,77)(H,78,79)/t64-,65-,66-/m1/s1. The maximum atomic E-state index is 13.0. The Hall–Kier alpha value is -1.94. The molecule has 528 valence electrons. The van der Waals surface area contributed by atoms with Crippen LogP contribution in [-0.4, -0.2) is 96.7 Å². The third-order valence-corrected chi connectivity index (χ3v) is 18.0. The van der Waals surface area contributed by atoms with Crippen LogP contribution in [0.25, 0.3) is 0 Å². The lowest BCUT2D eigenvalue weighted by atomic mass is 10.0. The topological polar surface area (TPSA) is 237 Å². The van der Waals surface area contributed by atoms with Gasteiger partial charge in [-0.1, -0.05) is 293 Å². The van der Waals surface area contributed by atoms with Crippen molar-refractivity contribution in [3.05, 3.63) is 0 Å². The Kier molecular flexibility index (Phi) is 58.5. The van der Waals surface area contributed by atoms with Crippen LogP contribution in [0.15, 0.2) is 0 Å². The molecular formula is C70H136O17P2. The van der Waals surface area contributed by atoms with Crippen LogP contribution < -0.4 is 0 Å². The van der Waals surface area contributed by atoms with Crippen molar-refractivity contribution in [1.82, 2.24) is 0 Å². The third-order valence-electron chi connectivity index (χ3n) is 16.1. The van der Waals surface area contributed by atoms with Crippen LogP contribution in [0.5, 0.6) is 0 Å². The largest absolute Gasteiger partial charge is 0.472 e.